The van der Waals surface area contributed by atoms with Gasteiger partial charge in [-0.2, -0.15) is 0 Å². The second kappa shape index (κ2) is 6.43. The van der Waals surface area contributed by atoms with Crippen LogP contribution in [0, 0.1) is 5.82 Å². The average molecular weight is 327 g/mol. The maximum atomic E-state index is 14.0. The molecule has 5 heteroatoms. The third kappa shape index (κ3) is 3.02. The van der Waals surface area contributed by atoms with Gasteiger partial charge in [0.05, 0.1) is 5.56 Å². The minimum absolute atomic E-state index is 0.150. The summed E-state index contributed by atoms with van der Waals surface area (Å²) < 4.78 is 19.7. The number of anilines is 1. The highest BCUT2D eigenvalue weighted by Gasteiger charge is 2.33. The Labute approximate surface area is 139 Å². The zero-order valence-corrected chi connectivity index (χ0v) is 13.5. The lowest BCUT2D eigenvalue weighted by Gasteiger charge is -2.17. The molecule has 4 nitrogen and oxygen atoms in total. The molecule has 0 fully saturated rings. The van der Waals surface area contributed by atoms with Crippen molar-refractivity contribution in [3.63, 3.8) is 0 Å². The maximum Gasteiger partial charge on any atom is 0.265 e. The first kappa shape index (κ1) is 16.2. The van der Waals surface area contributed by atoms with Crippen molar-refractivity contribution >= 4 is 17.4 Å². The molecule has 0 heterocycles. The molecule has 0 radical (unpaired) electrons. The predicted molar refractivity (Wildman–Crippen MR) is 88.9 cm³/mol. The molecule has 0 saturated heterocycles. The topological polar surface area (TPSA) is 55.4 Å². The van der Waals surface area contributed by atoms with Crippen LogP contribution in [0.2, 0.25) is 0 Å². The standard InChI is InChI=1S/C19H18FNO3/c1-11-10-15(22)18-16(9-8-14(20)17(11)18)24-12(2)19(23)21-13-6-4-3-5-7-13/h3-9,11-12H,10H2,1-2H3,(H,21,23). The summed E-state index contributed by atoms with van der Waals surface area (Å²) in [5.74, 6) is -0.807. The van der Waals surface area contributed by atoms with Gasteiger partial charge in [0.2, 0.25) is 0 Å². The van der Waals surface area contributed by atoms with E-state index in [0.717, 1.165) is 0 Å². The Balaban J connectivity index is 1.79. The van der Waals surface area contributed by atoms with Crippen molar-refractivity contribution in [3.05, 3.63) is 59.4 Å². The van der Waals surface area contributed by atoms with Gasteiger partial charge in [0, 0.05) is 17.7 Å². The van der Waals surface area contributed by atoms with Crippen molar-refractivity contribution in [1.82, 2.24) is 0 Å². The number of para-hydroxylation sites is 1. The van der Waals surface area contributed by atoms with Crippen molar-refractivity contribution < 1.29 is 18.7 Å². The third-order valence-electron chi connectivity index (χ3n) is 4.13. The van der Waals surface area contributed by atoms with E-state index < -0.39 is 11.9 Å². The van der Waals surface area contributed by atoms with E-state index in [9.17, 15) is 14.0 Å². The average Bonchev–Trinajstić information content (AvgIpc) is 2.86. The zero-order valence-electron chi connectivity index (χ0n) is 13.5. The first-order valence-electron chi connectivity index (χ1n) is 7.85. The molecule has 0 aromatic heterocycles. The fourth-order valence-corrected chi connectivity index (χ4v) is 2.93. The lowest BCUT2D eigenvalue weighted by molar-refractivity contribution is -0.122. The molecular formula is C19H18FNO3. The van der Waals surface area contributed by atoms with Crippen LogP contribution in [0.15, 0.2) is 42.5 Å². The van der Waals surface area contributed by atoms with Gasteiger partial charge in [0.15, 0.2) is 11.9 Å². The van der Waals surface area contributed by atoms with Crippen LogP contribution in [0.25, 0.3) is 0 Å². The fraction of sp³-hybridized carbons (Fsp3) is 0.263. The summed E-state index contributed by atoms with van der Waals surface area (Å²) in [5, 5.41) is 2.74. The number of hydrogen-bond acceptors (Lipinski definition) is 3. The number of hydrogen-bond donors (Lipinski definition) is 1. The highest BCUT2D eigenvalue weighted by molar-refractivity contribution is 6.04. The summed E-state index contributed by atoms with van der Waals surface area (Å²) in [5.41, 5.74) is 1.31. The Hall–Kier alpha value is -2.69. The van der Waals surface area contributed by atoms with Crippen molar-refractivity contribution in [1.29, 1.82) is 0 Å². The van der Waals surface area contributed by atoms with Crippen LogP contribution < -0.4 is 10.1 Å². The molecule has 1 aliphatic carbocycles. The Morgan fingerprint density at radius 3 is 2.67 bits per heavy atom. The molecular weight excluding hydrogens is 309 g/mol. The number of rotatable bonds is 4. The molecule has 0 bridgehead atoms. The number of nitrogens with one attached hydrogen (secondary N) is 1. The van der Waals surface area contributed by atoms with E-state index in [0.29, 0.717) is 11.3 Å². The first-order chi connectivity index (χ1) is 11.5. The van der Waals surface area contributed by atoms with Gasteiger partial charge in [-0.05, 0) is 37.1 Å². The highest BCUT2D eigenvalue weighted by atomic mass is 19.1. The summed E-state index contributed by atoms with van der Waals surface area (Å²) in [6.45, 7) is 3.40. The monoisotopic (exact) mass is 327 g/mol. The molecule has 3 rings (SSSR count). The molecule has 2 aromatic rings. The number of amides is 1. The SMILES string of the molecule is CC(Oc1ccc(F)c2c1C(=O)CC2C)C(=O)Nc1ccccc1. The maximum absolute atomic E-state index is 14.0. The number of Topliss-reactive ketones (excluding diaryl/α,β-unsaturated/α-hetero) is 1. The molecule has 2 unspecified atom stereocenters. The smallest absolute Gasteiger partial charge is 0.265 e. The second-order valence-electron chi connectivity index (χ2n) is 5.98. The summed E-state index contributed by atoms with van der Waals surface area (Å²) >= 11 is 0. The van der Waals surface area contributed by atoms with E-state index in [2.05, 4.69) is 5.32 Å². The number of fused-ring (bicyclic) bond motifs is 1. The predicted octanol–water partition coefficient (Wildman–Crippen LogP) is 3.92. The van der Waals surface area contributed by atoms with Crippen molar-refractivity contribution in [2.75, 3.05) is 5.32 Å². The van der Waals surface area contributed by atoms with Gasteiger partial charge in [0.25, 0.3) is 5.91 Å². The van der Waals surface area contributed by atoms with Crippen molar-refractivity contribution in [3.8, 4) is 5.75 Å². The number of benzene rings is 2. The molecule has 2 atom stereocenters. The van der Waals surface area contributed by atoms with Crippen molar-refractivity contribution in [2.24, 2.45) is 0 Å². The van der Waals surface area contributed by atoms with Gasteiger partial charge in [-0.1, -0.05) is 25.1 Å². The minimum Gasteiger partial charge on any atom is -0.480 e. The summed E-state index contributed by atoms with van der Waals surface area (Å²) in [6, 6.07) is 11.7. The van der Waals surface area contributed by atoms with Gasteiger partial charge in [-0.3, -0.25) is 9.59 Å². The number of halogens is 1. The molecule has 1 aliphatic rings. The van der Waals surface area contributed by atoms with Gasteiger partial charge in [-0.15, -0.1) is 0 Å². The summed E-state index contributed by atoms with van der Waals surface area (Å²) in [4.78, 5) is 24.4. The lowest BCUT2D eigenvalue weighted by atomic mass is 10.0. The Morgan fingerprint density at radius 2 is 1.96 bits per heavy atom. The van der Waals surface area contributed by atoms with Crippen LogP contribution in [-0.4, -0.2) is 17.8 Å². The van der Waals surface area contributed by atoms with Crippen molar-refractivity contribution in [2.45, 2.75) is 32.3 Å². The lowest BCUT2D eigenvalue weighted by Crippen LogP contribution is -2.30. The number of ether oxygens (including phenoxy) is 1. The van der Waals surface area contributed by atoms with Crippen LogP contribution in [-0.2, 0) is 4.79 Å². The van der Waals surface area contributed by atoms with E-state index >= 15 is 0 Å². The third-order valence-corrected chi connectivity index (χ3v) is 4.13. The van der Waals surface area contributed by atoms with Crippen LogP contribution in [0.4, 0.5) is 10.1 Å². The quantitative estimate of drug-likeness (QED) is 0.926. The Kier molecular flexibility index (Phi) is 4.34. The molecule has 1 N–H and O–H groups in total. The van der Waals surface area contributed by atoms with Crippen LogP contribution >= 0.6 is 0 Å². The highest BCUT2D eigenvalue weighted by Crippen LogP contribution is 2.40. The van der Waals surface area contributed by atoms with Gasteiger partial charge in [0.1, 0.15) is 11.6 Å². The normalized spacial score (nSPS) is 17.3. The molecule has 0 saturated carbocycles. The molecule has 0 spiro atoms. The summed E-state index contributed by atoms with van der Waals surface area (Å²) in [6.07, 6.45) is -0.555. The van der Waals surface area contributed by atoms with E-state index in [1.807, 2.05) is 25.1 Å². The van der Waals surface area contributed by atoms with Crippen LogP contribution in [0.5, 0.6) is 5.75 Å². The van der Waals surface area contributed by atoms with Gasteiger partial charge >= 0.3 is 0 Å². The largest absolute Gasteiger partial charge is 0.480 e. The summed E-state index contributed by atoms with van der Waals surface area (Å²) in [7, 11) is 0. The van der Waals surface area contributed by atoms with Crippen LogP contribution in [0.3, 0.4) is 0 Å². The number of ketones is 1. The zero-order chi connectivity index (χ0) is 17.3. The number of carbonyl (C=O) groups is 2. The second-order valence-corrected chi connectivity index (χ2v) is 5.98. The Morgan fingerprint density at radius 1 is 1.25 bits per heavy atom. The first-order valence-corrected chi connectivity index (χ1v) is 7.85. The van der Waals surface area contributed by atoms with Gasteiger partial charge < -0.3 is 10.1 Å². The fourth-order valence-electron chi connectivity index (χ4n) is 2.93. The number of carbonyl (C=O) groups excluding carboxylic acids is 2. The molecule has 1 amide bonds. The molecule has 24 heavy (non-hydrogen) atoms. The van der Waals surface area contributed by atoms with Crippen LogP contribution in [0.1, 0.15) is 42.1 Å². The molecule has 0 aliphatic heterocycles. The van der Waals surface area contributed by atoms with E-state index in [1.54, 1.807) is 19.1 Å². The molecule has 2 aromatic carbocycles. The van der Waals surface area contributed by atoms with E-state index in [-0.39, 0.29) is 35.3 Å². The van der Waals surface area contributed by atoms with Gasteiger partial charge in [-0.25, -0.2) is 4.39 Å². The van der Waals surface area contributed by atoms with E-state index in [1.165, 1.54) is 12.1 Å². The minimum atomic E-state index is -0.816. The van der Waals surface area contributed by atoms with E-state index in [4.69, 9.17) is 4.74 Å². The molecule has 124 valence electrons. The Bertz CT molecular complexity index is 789.